The lowest BCUT2D eigenvalue weighted by Crippen LogP contribution is -1.97. The Morgan fingerprint density at radius 1 is 1.10 bits per heavy atom. The first kappa shape index (κ1) is 15.4. The molecule has 5 heteroatoms. The summed E-state index contributed by atoms with van der Waals surface area (Å²) in [6.07, 6.45) is 1.70. The first-order valence-corrected chi connectivity index (χ1v) is 7.20. The maximum absolute atomic E-state index is 5.38. The minimum Gasteiger partial charge on any atom is -0.493 e. The normalized spacial score (nSPS) is 10.7. The molecule has 0 aliphatic carbocycles. The van der Waals surface area contributed by atoms with Gasteiger partial charge in [-0.05, 0) is 31.2 Å². The predicted molar refractivity (Wildman–Crippen MR) is 89.6 cm³/mol. The van der Waals surface area contributed by atoms with E-state index < -0.39 is 0 Å². The zero-order valence-corrected chi connectivity index (χ0v) is 13.8. The molecule has 0 atom stereocenters. The summed E-state index contributed by atoms with van der Waals surface area (Å²) < 4.78 is 11.6. The SMILES string of the molecule is COc1cc(Br)cc(/C=N/Nc2ccc(C)cc2)c1OC. The lowest BCUT2D eigenvalue weighted by Gasteiger charge is -2.10. The molecule has 4 nitrogen and oxygen atoms in total. The molecular formula is C16H17BrN2O2. The van der Waals surface area contributed by atoms with Crippen LogP contribution >= 0.6 is 15.9 Å². The van der Waals surface area contributed by atoms with Gasteiger partial charge >= 0.3 is 0 Å². The fourth-order valence-electron chi connectivity index (χ4n) is 1.86. The van der Waals surface area contributed by atoms with Gasteiger partial charge in [-0.1, -0.05) is 33.6 Å². The molecule has 0 saturated carbocycles. The number of benzene rings is 2. The number of nitrogens with one attached hydrogen (secondary N) is 1. The Hall–Kier alpha value is -2.01. The van der Waals surface area contributed by atoms with E-state index in [1.807, 2.05) is 43.3 Å². The van der Waals surface area contributed by atoms with Gasteiger partial charge in [0.2, 0.25) is 0 Å². The third kappa shape index (κ3) is 3.98. The van der Waals surface area contributed by atoms with Gasteiger partial charge in [0.15, 0.2) is 11.5 Å². The van der Waals surface area contributed by atoms with E-state index in [1.165, 1.54) is 5.56 Å². The number of methoxy groups -OCH3 is 2. The summed E-state index contributed by atoms with van der Waals surface area (Å²) in [5.41, 5.74) is 5.95. The van der Waals surface area contributed by atoms with Crippen LogP contribution in [0, 0.1) is 6.92 Å². The second kappa shape index (κ2) is 7.13. The van der Waals surface area contributed by atoms with Crippen LogP contribution in [0.3, 0.4) is 0 Å². The van der Waals surface area contributed by atoms with Crippen molar-refractivity contribution in [3.63, 3.8) is 0 Å². The van der Waals surface area contributed by atoms with Gasteiger partial charge < -0.3 is 9.47 Å². The Balaban J connectivity index is 2.20. The van der Waals surface area contributed by atoms with Crippen LogP contribution in [0.25, 0.3) is 0 Å². The van der Waals surface area contributed by atoms with Crippen LogP contribution in [0.4, 0.5) is 5.69 Å². The molecule has 0 bridgehead atoms. The van der Waals surface area contributed by atoms with Crippen molar-refractivity contribution in [3.05, 3.63) is 52.0 Å². The number of halogens is 1. The molecule has 2 aromatic carbocycles. The number of ether oxygens (including phenoxy) is 2. The largest absolute Gasteiger partial charge is 0.493 e. The van der Waals surface area contributed by atoms with Crippen molar-refractivity contribution < 1.29 is 9.47 Å². The summed E-state index contributed by atoms with van der Waals surface area (Å²) in [6.45, 7) is 2.05. The van der Waals surface area contributed by atoms with Crippen LogP contribution in [0.5, 0.6) is 11.5 Å². The molecule has 2 rings (SSSR count). The van der Waals surface area contributed by atoms with Gasteiger partial charge in [0, 0.05) is 10.0 Å². The van der Waals surface area contributed by atoms with E-state index in [0.29, 0.717) is 11.5 Å². The van der Waals surface area contributed by atoms with E-state index in [1.54, 1.807) is 20.4 Å². The Labute approximate surface area is 132 Å². The van der Waals surface area contributed by atoms with E-state index in [4.69, 9.17) is 9.47 Å². The number of anilines is 1. The zero-order valence-electron chi connectivity index (χ0n) is 12.2. The molecule has 0 aliphatic rings. The van der Waals surface area contributed by atoms with Crippen molar-refractivity contribution in [2.75, 3.05) is 19.6 Å². The van der Waals surface area contributed by atoms with Gasteiger partial charge in [-0.2, -0.15) is 5.10 Å². The van der Waals surface area contributed by atoms with Gasteiger partial charge in [0.1, 0.15) is 0 Å². The summed E-state index contributed by atoms with van der Waals surface area (Å²) in [5, 5.41) is 4.24. The lowest BCUT2D eigenvalue weighted by molar-refractivity contribution is 0.354. The molecule has 0 amide bonds. The van der Waals surface area contributed by atoms with E-state index in [0.717, 1.165) is 15.7 Å². The second-order valence-electron chi connectivity index (χ2n) is 4.47. The number of hydrogen-bond donors (Lipinski definition) is 1. The number of aryl methyl sites for hydroxylation is 1. The minimum absolute atomic E-state index is 0.648. The second-order valence-corrected chi connectivity index (χ2v) is 5.38. The Kier molecular flexibility index (Phi) is 5.22. The maximum atomic E-state index is 5.38. The van der Waals surface area contributed by atoms with Gasteiger partial charge in [-0.15, -0.1) is 0 Å². The van der Waals surface area contributed by atoms with Crippen molar-refractivity contribution in [1.29, 1.82) is 0 Å². The first-order chi connectivity index (χ1) is 10.1. The topological polar surface area (TPSA) is 42.8 Å². The molecule has 0 radical (unpaired) electrons. The highest BCUT2D eigenvalue weighted by molar-refractivity contribution is 9.10. The third-order valence-corrected chi connectivity index (χ3v) is 3.38. The molecule has 1 N–H and O–H groups in total. The Morgan fingerprint density at radius 3 is 2.43 bits per heavy atom. The van der Waals surface area contributed by atoms with Crippen molar-refractivity contribution in [2.24, 2.45) is 5.10 Å². The quantitative estimate of drug-likeness (QED) is 0.649. The highest BCUT2D eigenvalue weighted by atomic mass is 79.9. The maximum Gasteiger partial charge on any atom is 0.169 e. The van der Waals surface area contributed by atoms with Gasteiger partial charge in [-0.25, -0.2) is 0 Å². The van der Waals surface area contributed by atoms with Crippen molar-refractivity contribution >= 4 is 27.8 Å². The molecule has 0 aliphatic heterocycles. The van der Waals surface area contributed by atoms with Crippen LogP contribution in [-0.2, 0) is 0 Å². The van der Waals surface area contributed by atoms with Crippen LogP contribution in [0.1, 0.15) is 11.1 Å². The number of nitrogens with zero attached hydrogens (tertiary/aromatic N) is 1. The van der Waals surface area contributed by atoms with Gasteiger partial charge in [-0.3, -0.25) is 5.43 Å². The van der Waals surface area contributed by atoms with E-state index in [9.17, 15) is 0 Å². The molecule has 21 heavy (non-hydrogen) atoms. The average Bonchev–Trinajstić information content (AvgIpc) is 2.48. The summed E-state index contributed by atoms with van der Waals surface area (Å²) >= 11 is 3.44. The Morgan fingerprint density at radius 2 is 1.81 bits per heavy atom. The molecule has 2 aromatic rings. The number of rotatable bonds is 5. The van der Waals surface area contributed by atoms with Crippen LogP contribution in [0.15, 0.2) is 46.0 Å². The summed E-state index contributed by atoms with van der Waals surface area (Å²) in [4.78, 5) is 0. The fourth-order valence-corrected chi connectivity index (χ4v) is 2.31. The molecule has 0 aromatic heterocycles. The Bertz CT molecular complexity index is 639. The van der Waals surface area contributed by atoms with Crippen molar-refractivity contribution in [1.82, 2.24) is 0 Å². The number of hydrogen-bond acceptors (Lipinski definition) is 4. The molecule has 0 saturated heterocycles. The van der Waals surface area contributed by atoms with Gasteiger partial charge in [0.25, 0.3) is 0 Å². The van der Waals surface area contributed by atoms with E-state index in [-0.39, 0.29) is 0 Å². The zero-order chi connectivity index (χ0) is 15.2. The van der Waals surface area contributed by atoms with Crippen molar-refractivity contribution in [2.45, 2.75) is 6.92 Å². The van der Waals surface area contributed by atoms with E-state index in [2.05, 4.69) is 26.5 Å². The molecule has 0 unspecified atom stereocenters. The highest BCUT2D eigenvalue weighted by Gasteiger charge is 2.10. The summed E-state index contributed by atoms with van der Waals surface area (Å²) in [7, 11) is 3.21. The molecule has 0 heterocycles. The van der Waals surface area contributed by atoms with Crippen LogP contribution in [0.2, 0.25) is 0 Å². The smallest absolute Gasteiger partial charge is 0.169 e. The molecular weight excluding hydrogens is 332 g/mol. The van der Waals surface area contributed by atoms with Gasteiger partial charge in [0.05, 0.1) is 26.1 Å². The molecule has 110 valence electrons. The van der Waals surface area contributed by atoms with Crippen molar-refractivity contribution in [3.8, 4) is 11.5 Å². The summed E-state index contributed by atoms with van der Waals surface area (Å²) in [5.74, 6) is 1.30. The molecule has 0 spiro atoms. The third-order valence-electron chi connectivity index (χ3n) is 2.92. The first-order valence-electron chi connectivity index (χ1n) is 6.41. The standard InChI is InChI=1S/C16H17BrN2O2/c1-11-4-6-14(7-5-11)19-18-10-12-8-13(17)9-15(20-2)16(12)21-3/h4-10,19H,1-3H3/b18-10+. The van der Waals surface area contributed by atoms with E-state index >= 15 is 0 Å². The fraction of sp³-hybridized carbons (Fsp3) is 0.188. The van der Waals surface area contributed by atoms with Crippen LogP contribution in [-0.4, -0.2) is 20.4 Å². The highest BCUT2D eigenvalue weighted by Crippen LogP contribution is 2.33. The summed E-state index contributed by atoms with van der Waals surface area (Å²) in [6, 6.07) is 11.8. The minimum atomic E-state index is 0.648. The average molecular weight is 349 g/mol. The monoisotopic (exact) mass is 348 g/mol. The number of hydrazone groups is 1. The molecule has 0 fully saturated rings. The predicted octanol–water partition coefficient (Wildman–Crippen LogP) is 4.22. The van der Waals surface area contributed by atoms with Crippen LogP contribution < -0.4 is 14.9 Å². The lowest BCUT2D eigenvalue weighted by atomic mass is 10.2.